The van der Waals surface area contributed by atoms with Crippen molar-refractivity contribution in [3.8, 4) is 0 Å². The molecule has 0 aliphatic heterocycles. The Labute approximate surface area is 92.4 Å². The molecule has 0 fully saturated rings. The van der Waals surface area contributed by atoms with E-state index in [9.17, 15) is 4.48 Å². The number of likely N-dealkylation sites (N-methyl/N-ethyl adjacent to an activating group) is 1. The quantitative estimate of drug-likeness (QED) is 0.454. The van der Waals surface area contributed by atoms with Crippen molar-refractivity contribution in [3.63, 3.8) is 0 Å². The monoisotopic (exact) mass is 217 g/mol. The summed E-state index contributed by atoms with van der Waals surface area (Å²) in [4.78, 5) is 0. The smallest absolute Gasteiger partial charge is 0.0556 e. The van der Waals surface area contributed by atoms with Crippen LogP contribution in [0.15, 0.2) is 12.7 Å². The Hall–Kier alpha value is -0.450. The number of nitrogens with one attached hydrogen (secondary N) is 1. The molecular formula is C11H24FN3. The maximum absolute atomic E-state index is 14.0. The minimum Gasteiger partial charge on any atom is -0.330 e. The lowest BCUT2D eigenvalue weighted by Crippen LogP contribution is -2.47. The molecule has 3 N–H and O–H groups in total. The third-order valence-electron chi connectivity index (χ3n) is 2.86. The van der Waals surface area contributed by atoms with Gasteiger partial charge in [-0.15, -0.1) is 16.2 Å². The molecule has 3 nitrogen and oxygen atoms in total. The number of hydrogen-bond acceptors (Lipinski definition) is 3. The zero-order chi connectivity index (χ0) is 11.7. The van der Waals surface area contributed by atoms with E-state index in [0.29, 0.717) is 32.5 Å². The summed E-state index contributed by atoms with van der Waals surface area (Å²) >= 11 is 0. The zero-order valence-corrected chi connectivity index (χ0v) is 9.93. The molecule has 0 aliphatic rings. The minimum absolute atomic E-state index is 0.387. The van der Waals surface area contributed by atoms with E-state index < -0.39 is 5.54 Å². The molecule has 0 radical (unpaired) electrons. The summed E-state index contributed by atoms with van der Waals surface area (Å²) in [6, 6.07) is 0. The topological polar surface area (TPSA) is 41.3 Å². The van der Waals surface area contributed by atoms with E-state index in [1.807, 2.05) is 14.0 Å². The van der Waals surface area contributed by atoms with Crippen LogP contribution in [0.1, 0.15) is 26.2 Å². The molecule has 0 aromatic rings. The van der Waals surface area contributed by atoms with Crippen LogP contribution < -0.4 is 11.1 Å². The maximum atomic E-state index is 14.0. The summed E-state index contributed by atoms with van der Waals surface area (Å²) in [7, 11) is 1.82. The van der Waals surface area contributed by atoms with E-state index in [2.05, 4.69) is 11.9 Å². The minimum atomic E-state index is -0.465. The lowest BCUT2D eigenvalue weighted by Gasteiger charge is -2.37. The van der Waals surface area contributed by atoms with Crippen molar-refractivity contribution in [2.45, 2.75) is 31.7 Å². The van der Waals surface area contributed by atoms with Crippen LogP contribution in [0.5, 0.6) is 0 Å². The van der Waals surface area contributed by atoms with Crippen molar-refractivity contribution in [2.75, 3.05) is 26.7 Å². The van der Waals surface area contributed by atoms with E-state index in [1.54, 1.807) is 6.08 Å². The average molecular weight is 217 g/mol. The molecule has 0 rings (SSSR count). The highest BCUT2D eigenvalue weighted by Crippen LogP contribution is 2.28. The molecule has 1 unspecified atom stereocenters. The Morgan fingerprint density at radius 1 is 1.60 bits per heavy atom. The van der Waals surface area contributed by atoms with Crippen LogP contribution in [0, 0.1) is 0 Å². The van der Waals surface area contributed by atoms with Crippen LogP contribution in [0.4, 0.5) is 4.48 Å². The Balaban J connectivity index is 4.47. The second-order valence-electron chi connectivity index (χ2n) is 3.80. The first-order valence-electron chi connectivity index (χ1n) is 5.55. The van der Waals surface area contributed by atoms with Gasteiger partial charge in [-0.2, -0.15) is 0 Å². The molecule has 0 aliphatic carbocycles. The average Bonchev–Trinajstić information content (AvgIpc) is 2.25. The van der Waals surface area contributed by atoms with Crippen molar-refractivity contribution in [3.05, 3.63) is 12.7 Å². The van der Waals surface area contributed by atoms with E-state index in [4.69, 9.17) is 5.73 Å². The second kappa shape index (κ2) is 7.79. The summed E-state index contributed by atoms with van der Waals surface area (Å²) in [6.45, 7) is 7.21. The van der Waals surface area contributed by atoms with Gasteiger partial charge >= 0.3 is 0 Å². The van der Waals surface area contributed by atoms with E-state index in [1.165, 1.54) is 0 Å². The third kappa shape index (κ3) is 4.28. The summed E-state index contributed by atoms with van der Waals surface area (Å²) < 4.78 is 14.0. The van der Waals surface area contributed by atoms with Crippen LogP contribution in [0.3, 0.4) is 0 Å². The first-order valence-corrected chi connectivity index (χ1v) is 5.55. The van der Waals surface area contributed by atoms with Gasteiger partial charge in [-0.05, 0) is 32.9 Å². The normalized spacial score (nSPS) is 15.3. The fourth-order valence-electron chi connectivity index (χ4n) is 1.80. The lowest BCUT2D eigenvalue weighted by atomic mass is 9.88. The SMILES string of the molecule is C=CCC(CC)(CCN)N(F)CCNC. The standard InChI is InChI=1S/C11H24FN3/c1-4-6-11(5-2,7-8-13)15(12)10-9-14-3/h4,14H,1,5-10,13H2,2-3H3. The Morgan fingerprint density at radius 3 is 2.67 bits per heavy atom. The van der Waals surface area contributed by atoms with Crippen LogP contribution in [0.2, 0.25) is 0 Å². The van der Waals surface area contributed by atoms with Crippen LogP contribution in [0.25, 0.3) is 0 Å². The molecule has 0 heterocycles. The van der Waals surface area contributed by atoms with Gasteiger partial charge in [0.25, 0.3) is 0 Å². The second-order valence-corrected chi connectivity index (χ2v) is 3.80. The van der Waals surface area contributed by atoms with Crippen molar-refractivity contribution in [1.29, 1.82) is 0 Å². The van der Waals surface area contributed by atoms with Crippen LogP contribution in [-0.2, 0) is 0 Å². The number of hydrogen-bond donors (Lipinski definition) is 2. The summed E-state index contributed by atoms with van der Waals surface area (Å²) in [5.41, 5.74) is 5.08. The summed E-state index contributed by atoms with van der Waals surface area (Å²) in [5, 5.41) is 3.85. The molecule has 1 atom stereocenters. The van der Waals surface area contributed by atoms with E-state index >= 15 is 0 Å². The number of rotatable bonds is 9. The predicted molar refractivity (Wildman–Crippen MR) is 63.2 cm³/mol. The van der Waals surface area contributed by atoms with Crippen molar-refractivity contribution in [2.24, 2.45) is 5.73 Å². The van der Waals surface area contributed by atoms with Gasteiger partial charge in [0.05, 0.1) is 5.54 Å². The molecule has 0 bridgehead atoms. The predicted octanol–water partition coefficient (Wildman–Crippen LogP) is 1.47. The van der Waals surface area contributed by atoms with Gasteiger partial charge in [-0.1, -0.05) is 13.0 Å². The number of nitrogens with two attached hydrogens (primary N) is 1. The van der Waals surface area contributed by atoms with Gasteiger partial charge in [0.15, 0.2) is 0 Å². The Kier molecular flexibility index (Phi) is 7.56. The zero-order valence-electron chi connectivity index (χ0n) is 9.93. The number of halogens is 1. The largest absolute Gasteiger partial charge is 0.330 e. The Morgan fingerprint density at radius 2 is 2.27 bits per heavy atom. The van der Waals surface area contributed by atoms with Gasteiger partial charge in [-0.3, -0.25) is 0 Å². The van der Waals surface area contributed by atoms with Gasteiger partial charge in [0.1, 0.15) is 0 Å². The molecule has 15 heavy (non-hydrogen) atoms. The van der Waals surface area contributed by atoms with Gasteiger partial charge in [0.2, 0.25) is 0 Å². The Bertz CT molecular complexity index is 175. The summed E-state index contributed by atoms with van der Waals surface area (Å²) in [5.74, 6) is 0. The van der Waals surface area contributed by atoms with Crippen molar-refractivity contribution in [1.82, 2.24) is 10.4 Å². The molecule has 0 spiro atoms. The summed E-state index contributed by atoms with van der Waals surface area (Å²) in [6.07, 6.45) is 3.82. The molecule has 0 aromatic carbocycles. The lowest BCUT2D eigenvalue weighted by molar-refractivity contribution is -0.0883. The van der Waals surface area contributed by atoms with E-state index in [0.717, 1.165) is 11.5 Å². The first-order chi connectivity index (χ1) is 7.16. The first kappa shape index (κ1) is 14.6. The third-order valence-corrected chi connectivity index (χ3v) is 2.86. The van der Waals surface area contributed by atoms with Crippen LogP contribution >= 0.6 is 0 Å². The molecular weight excluding hydrogens is 193 g/mol. The highest BCUT2D eigenvalue weighted by atomic mass is 19.2. The molecule has 90 valence electrons. The molecule has 0 aromatic heterocycles. The fourth-order valence-corrected chi connectivity index (χ4v) is 1.80. The molecule has 0 saturated heterocycles. The van der Waals surface area contributed by atoms with E-state index in [-0.39, 0.29) is 0 Å². The van der Waals surface area contributed by atoms with Gasteiger partial charge in [-0.25, -0.2) is 0 Å². The van der Waals surface area contributed by atoms with Gasteiger partial charge < -0.3 is 11.1 Å². The van der Waals surface area contributed by atoms with Gasteiger partial charge in [0, 0.05) is 13.1 Å². The number of nitrogens with zero attached hydrogens (tertiary/aromatic N) is 1. The molecule has 4 heteroatoms. The maximum Gasteiger partial charge on any atom is 0.0556 e. The fraction of sp³-hybridized carbons (Fsp3) is 0.818. The molecule has 0 saturated carbocycles. The highest BCUT2D eigenvalue weighted by Gasteiger charge is 2.33. The van der Waals surface area contributed by atoms with Crippen LogP contribution in [-0.4, -0.2) is 37.3 Å². The highest BCUT2D eigenvalue weighted by molar-refractivity contribution is 4.92. The molecule has 0 amide bonds. The van der Waals surface area contributed by atoms with Crippen molar-refractivity contribution >= 4 is 0 Å². The van der Waals surface area contributed by atoms with Crippen molar-refractivity contribution < 1.29 is 4.48 Å².